The van der Waals surface area contributed by atoms with Gasteiger partial charge in [0.25, 0.3) is 0 Å². The molecule has 4 heteroatoms. The first-order valence-electron chi connectivity index (χ1n) is 7.64. The van der Waals surface area contributed by atoms with Gasteiger partial charge in [-0.1, -0.05) is 12.8 Å². The Morgan fingerprint density at radius 1 is 1.21 bits per heavy atom. The first kappa shape index (κ1) is 14.8. The zero-order chi connectivity index (χ0) is 13.8. The Hall–Kier alpha value is -0.610. The summed E-state index contributed by atoms with van der Waals surface area (Å²) in [7, 11) is 0. The first-order chi connectivity index (χ1) is 9.08. The van der Waals surface area contributed by atoms with Gasteiger partial charge in [-0.25, -0.2) is 0 Å². The highest BCUT2D eigenvalue weighted by Crippen LogP contribution is 2.34. The summed E-state index contributed by atoms with van der Waals surface area (Å²) in [6.45, 7) is 4.57. The van der Waals surface area contributed by atoms with E-state index < -0.39 is 12.0 Å². The standard InChI is InChI=1S/C15H27NO3/c1-10(19-11(2)15(16)17)14(13-5-3-4-6-13)18-9-12-7-8-12/h10-14H,3-9H2,1-2H3,(H2,16,17)/t10-,11-,14-/m0/s1. The number of hydrogen-bond acceptors (Lipinski definition) is 3. The lowest BCUT2D eigenvalue weighted by Gasteiger charge is -2.31. The van der Waals surface area contributed by atoms with E-state index in [4.69, 9.17) is 15.2 Å². The molecule has 2 rings (SSSR count). The van der Waals surface area contributed by atoms with Crippen LogP contribution in [-0.4, -0.2) is 30.8 Å². The molecule has 0 bridgehead atoms. The third-order valence-electron chi connectivity index (χ3n) is 4.37. The van der Waals surface area contributed by atoms with E-state index >= 15 is 0 Å². The molecular formula is C15H27NO3. The predicted octanol–water partition coefficient (Wildman–Crippen LogP) is 2.25. The van der Waals surface area contributed by atoms with Gasteiger partial charge >= 0.3 is 0 Å². The second kappa shape index (κ2) is 6.71. The second-order valence-corrected chi connectivity index (χ2v) is 6.17. The van der Waals surface area contributed by atoms with Crippen molar-refractivity contribution < 1.29 is 14.3 Å². The highest BCUT2D eigenvalue weighted by atomic mass is 16.5. The highest BCUT2D eigenvalue weighted by molar-refractivity contribution is 5.78. The first-order valence-corrected chi connectivity index (χ1v) is 7.64. The summed E-state index contributed by atoms with van der Waals surface area (Å²) in [6.07, 6.45) is 7.10. The number of ether oxygens (including phenoxy) is 2. The average molecular weight is 269 g/mol. The molecule has 0 heterocycles. The molecule has 0 unspecified atom stereocenters. The summed E-state index contributed by atoms with van der Waals surface area (Å²) in [6, 6.07) is 0. The van der Waals surface area contributed by atoms with Gasteiger partial charge in [-0.15, -0.1) is 0 Å². The normalized spacial score (nSPS) is 25.2. The van der Waals surface area contributed by atoms with Gasteiger partial charge < -0.3 is 15.2 Å². The second-order valence-electron chi connectivity index (χ2n) is 6.17. The van der Waals surface area contributed by atoms with Gasteiger partial charge in [0, 0.05) is 6.61 Å². The molecule has 3 atom stereocenters. The van der Waals surface area contributed by atoms with Crippen molar-refractivity contribution >= 4 is 5.91 Å². The quantitative estimate of drug-likeness (QED) is 0.735. The molecule has 19 heavy (non-hydrogen) atoms. The van der Waals surface area contributed by atoms with Crippen molar-refractivity contribution in [1.82, 2.24) is 0 Å². The van der Waals surface area contributed by atoms with Crippen molar-refractivity contribution in [3.05, 3.63) is 0 Å². The zero-order valence-electron chi connectivity index (χ0n) is 12.1. The molecule has 0 spiro atoms. The van der Waals surface area contributed by atoms with Crippen LogP contribution in [0.1, 0.15) is 52.4 Å². The van der Waals surface area contributed by atoms with Crippen LogP contribution in [-0.2, 0) is 14.3 Å². The van der Waals surface area contributed by atoms with Gasteiger partial charge in [0.2, 0.25) is 5.91 Å². The van der Waals surface area contributed by atoms with E-state index in [2.05, 4.69) is 0 Å². The minimum Gasteiger partial charge on any atom is -0.375 e. The van der Waals surface area contributed by atoms with E-state index in [-0.39, 0.29) is 12.2 Å². The van der Waals surface area contributed by atoms with Crippen LogP contribution >= 0.6 is 0 Å². The van der Waals surface area contributed by atoms with Crippen LogP contribution in [0.15, 0.2) is 0 Å². The Labute approximate surface area is 116 Å². The largest absolute Gasteiger partial charge is 0.375 e. The van der Waals surface area contributed by atoms with E-state index in [9.17, 15) is 4.79 Å². The fourth-order valence-corrected chi connectivity index (χ4v) is 2.94. The topological polar surface area (TPSA) is 61.6 Å². The maximum Gasteiger partial charge on any atom is 0.246 e. The summed E-state index contributed by atoms with van der Waals surface area (Å²) < 4.78 is 11.9. The Balaban J connectivity index is 1.87. The van der Waals surface area contributed by atoms with Crippen molar-refractivity contribution in [2.24, 2.45) is 17.6 Å². The molecule has 4 nitrogen and oxygen atoms in total. The monoisotopic (exact) mass is 269 g/mol. The number of nitrogens with two attached hydrogens (primary N) is 1. The number of hydrogen-bond donors (Lipinski definition) is 1. The number of carbonyl (C=O) groups is 1. The summed E-state index contributed by atoms with van der Waals surface area (Å²) in [4.78, 5) is 11.1. The smallest absolute Gasteiger partial charge is 0.246 e. The molecule has 0 radical (unpaired) electrons. The lowest BCUT2D eigenvalue weighted by molar-refractivity contribution is -0.143. The molecule has 2 fully saturated rings. The van der Waals surface area contributed by atoms with E-state index in [1.807, 2.05) is 6.92 Å². The number of carbonyl (C=O) groups excluding carboxylic acids is 1. The molecule has 0 saturated heterocycles. The van der Waals surface area contributed by atoms with Gasteiger partial charge in [-0.05, 0) is 51.4 Å². The number of amides is 1. The average Bonchev–Trinajstić information content (AvgIpc) is 3.03. The molecule has 2 aliphatic carbocycles. The summed E-state index contributed by atoms with van der Waals surface area (Å²) >= 11 is 0. The van der Waals surface area contributed by atoms with Crippen LogP contribution in [0.3, 0.4) is 0 Å². The van der Waals surface area contributed by atoms with Gasteiger partial charge in [-0.3, -0.25) is 4.79 Å². The summed E-state index contributed by atoms with van der Waals surface area (Å²) in [5.41, 5.74) is 5.27. The van der Waals surface area contributed by atoms with Gasteiger partial charge in [0.05, 0.1) is 12.2 Å². The molecule has 2 aliphatic rings. The van der Waals surface area contributed by atoms with Crippen LogP contribution in [0.2, 0.25) is 0 Å². The van der Waals surface area contributed by atoms with Crippen molar-refractivity contribution in [2.75, 3.05) is 6.61 Å². The number of rotatable bonds is 8. The van der Waals surface area contributed by atoms with E-state index in [1.54, 1.807) is 6.92 Å². The van der Waals surface area contributed by atoms with Crippen LogP contribution in [0.5, 0.6) is 0 Å². The third kappa shape index (κ3) is 4.46. The van der Waals surface area contributed by atoms with Crippen molar-refractivity contribution in [3.63, 3.8) is 0 Å². The van der Waals surface area contributed by atoms with Crippen molar-refractivity contribution in [2.45, 2.75) is 70.7 Å². The number of primary amides is 1. The lowest BCUT2D eigenvalue weighted by Crippen LogP contribution is -2.40. The fourth-order valence-electron chi connectivity index (χ4n) is 2.94. The zero-order valence-corrected chi connectivity index (χ0v) is 12.1. The summed E-state index contributed by atoms with van der Waals surface area (Å²) in [5.74, 6) is 0.928. The Morgan fingerprint density at radius 2 is 1.84 bits per heavy atom. The van der Waals surface area contributed by atoms with Gasteiger partial charge in [0.15, 0.2) is 0 Å². The summed E-state index contributed by atoms with van der Waals surface area (Å²) in [5, 5.41) is 0. The molecule has 2 saturated carbocycles. The Bertz CT molecular complexity index is 298. The highest BCUT2D eigenvalue weighted by Gasteiger charge is 2.34. The molecule has 0 aromatic heterocycles. The van der Waals surface area contributed by atoms with Crippen molar-refractivity contribution in [1.29, 1.82) is 0 Å². The lowest BCUT2D eigenvalue weighted by atomic mass is 9.96. The molecule has 110 valence electrons. The van der Waals surface area contributed by atoms with E-state index in [0.29, 0.717) is 5.92 Å². The van der Waals surface area contributed by atoms with E-state index in [1.165, 1.54) is 38.5 Å². The maximum absolute atomic E-state index is 11.1. The molecule has 1 amide bonds. The van der Waals surface area contributed by atoms with Crippen LogP contribution in [0.25, 0.3) is 0 Å². The van der Waals surface area contributed by atoms with Gasteiger partial charge in [0.1, 0.15) is 6.10 Å². The van der Waals surface area contributed by atoms with Crippen LogP contribution in [0, 0.1) is 11.8 Å². The molecule has 2 N–H and O–H groups in total. The molecule has 0 aliphatic heterocycles. The van der Waals surface area contributed by atoms with Gasteiger partial charge in [-0.2, -0.15) is 0 Å². The SMILES string of the molecule is C[C@H](O[C@@H](C)[C@H](OCC1CC1)C1CCCC1)C(N)=O. The molecule has 0 aromatic carbocycles. The molecular weight excluding hydrogens is 242 g/mol. The van der Waals surface area contributed by atoms with E-state index in [0.717, 1.165) is 12.5 Å². The predicted molar refractivity (Wildman–Crippen MR) is 73.6 cm³/mol. The third-order valence-corrected chi connectivity index (χ3v) is 4.37. The Kier molecular flexibility index (Phi) is 5.22. The van der Waals surface area contributed by atoms with Crippen LogP contribution < -0.4 is 5.73 Å². The minimum absolute atomic E-state index is 0.0654. The van der Waals surface area contributed by atoms with Crippen molar-refractivity contribution in [3.8, 4) is 0 Å². The van der Waals surface area contributed by atoms with Crippen LogP contribution in [0.4, 0.5) is 0 Å². The minimum atomic E-state index is -0.538. The fraction of sp³-hybridized carbons (Fsp3) is 0.933. The molecule has 0 aromatic rings. The maximum atomic E-state index is 11.1. The Morgan fingerprint density at radius 3 is 2.37 bits per heavy atom.